The summed E-state index contributed by atoms with van der Waals surface area (Å²) in [7, 11) is 0. The number of piperazine rings is 1. The van der Waals surface area contributed by atoms with Gasteiger partial charge in [0.25, 0.3) is 0 Å². The summed E-state index contributed by atoms with van der Waals surface area (Å²) in [5.74, 6) is 1.86. The van der Waals surface area contributed by atoms with E-state index in [-0.39, 0.29) is 0 Å². The normalized spacial score (nSPS) is 15.5. The Morgan fingerprint density at radius 2 is 1.75 bits per heavy atom. The van der Waals surface area contributed by atoms with Gasteiger partial charge in [0.15, 0.2) is 0 Å². The second-order valence-electron chi connectivity index (χ2n) is 6.14. The molecule has 5 nitrogen and oxygen atoms in total. The molecule has 0 saturated carbocycles. The Labute approximate surface area is 144 Å². The van der Waals surface area contributed by atoms with E-state index >= 15 is 0 Å². The third-order valence-electron chi connectivity index (χ3n) is 4.65. The van der Waals surface area contributed by atoms with E-state index in [1.165, 1.54) is 5.56 Å². The van der Waals surface area contributed by atoms with Crippen molar-refractivity contribution in [2.75, 3.05) is 49.1 Å². The highest BCUT2D eigenvalue weighted by Gasteiger charge is 2.18. The molecule has 0 bridgehead atoms. The van der Waals surface area contributed by atoms with Crippen LogP contribution in [0.3, 0.4) is 0 Å². The van der Waals surface area contributed by atoms with Gasteiger partial charge >= 0.3 is 0 Å². The Morgan fingerprint density at radius 1 is 1.00 bits per heavy atom. The van der Waals surface area contributed by atoms with Crippen molar-refractivity contribution in [2.24, 2.45) is 0 Å². The molecule has 0 unspecified atom stereocenters. The van der Waals surface area contributed by atoms with Crippen LogP contribution in [-0.2, 0) is 6.54 Å². The molecule has 1 aliphatic rings. The maximum Gasteiger partial charge on any atom is 0.227 e. The predicted octanol–water partition coefficient (Wildman–Crippen LogP) is 2.65. The van der Waals surface area contributed by atoms with Gasteiger partial charge in [-0.2, -0.15) is 4.98 Å². The number of benzene rings is 1. The molecule has 0 radical (unpaired) electrons. The van der Waals surface area contributed by atoms with Crippen molar-refractivity contribution < 1.29 is 0 Å². The van der Waals surface area contributed by atoms with E-state index in [9.17, 15) is 0 Å². The highest BCUT2D eigenvalue weighted by atomic mass is 15.3. The molecule has 0 aliphatic carbocycles. The summed E-state index contributed by atoms with van der Waals surface area (Å²) in [5, 5.41) is 0. The van der Waals surface area contributed by atoms with Gasteiger partial charge < -0.3 is 14.7 Å². The number of aromatic nitrogens is 2. The van der Waals surface area contributed by atoms with E-state index in [1.807, 2.05) is 12.3 Å². The first kappa shape index (κ1) is 16.7. The lowest BCUT2D eigenvalue weighted by Gasteiger charge is -2.34. The Balaban J connectivity index is 1.71. The van der Waals surface area contributed by atoms with E-state index < -0.39 is 0 Å². The first-order valence-electron chi connectivity index (χ1n) is 8.89. The first-order valence-corrected chi connectivity index (χ1v) is 8.89. The summed E-state index contributed by atoms with van der Waals surface area (Å²) < 4.78 is 0. The number of hydrogen-bond donors (Lipinski definition) is 0. The average Bonchev–Trinajstić information content (AvgIpc) is 2.67. The van der Waals surface area contributed by atoms with Crippen LogP contribution in [0.1, 0.15) is 19.4 Å². The van der Waals surface area contributed by atoms with Crippen molar-refractivity contribution in [1.29, 1.82) is 0 Å². The third kappa shape index (κ3) is 4.03. The summed E-state index contributed by atoms with van der Waals surface area (Å²) in [6.07, 6.45) is 1.89. The largest absolute Gasteiger partial charge is 0.352 e. The minimum absolute atomic E-state index is 0.856. The molecule has 1 aliphatic heterocycles. The quantitative estimate of drug-likeness (QED) is 0.816. The number of hydrogen-bond acceptors (Lipinski definition) is 5. The van der Waals surface area contributed by atoms with Crippen LogP contribution >= 0.6 is 0 Å². The van der Waals surface area contributed by atoms with Crippen molar-refractivity contribution in [3.05, 3.63) is 48.2 Å². The van der Waals surface area contributed by atoms with Crippen LogP contribution in [0.4, 0.5) is 11.8 Å². The van der Waals surface area contributed by atoms with E-state index in [0.29, 0.717) is 0 Å². The lowest BCUT2D eigenvalue weighted by molar-refractivity contribution is 0.270. The lowest BCUT2D eigenvalue weighted by atomic mass is 10.2. The summed E-state index contributed by atoms with van der Waals surface area (Å²) in [4.78, 5) is 16.4. The molecule has 1 aromatic heterocycles. The zero-order valence-corrected chi connectivity index (χ0v) is 14.7. The zero-order chi connectivity index (χ0) is 16.8. The molecule has 0 atom stereocenters. The first-order chi connectivity index (χ1) is 11.8. The second-order valence-corrected chi connectivity index (χ2v) is 6.14. The summed E-state index contributed by atoms with van der Waals surface area (Å²) in [5.41, 5.74) is 1.30. The Kier molecular flexibility index (Phi) is 5.64. The second kappa shape index (κ2) is 8.11. The van der Waals surface area contributed by atoms with Crippen molar-refractivity contribution in [1.82, 2.24) is 14.9 Å². The fourth-order valence-electron chi connectivity index (χ4n) is 3.09. The van der Waals surface area contributed by atoms with Gasteiger partial charge in [-0.05, 0) is 25.1 Å². The zero-order valence-electron chi connectivity index (χ0n) is 14.7. The SMILES string of the molecule is CCN1CCN(c2nccc(N(CC)Cc3ccccc3)n2)CC1. The van der Waals surface area contributed by atoms with Gasteiger partial charge in [-0.1, -0.05) is 37.3 Å². The molecule has 0 amide bonds. The van der Waals surface area contributed by atoms with Crippen LogP contribution in [0, 0.1) is 0 Å². The molecule has 5 heteroatoms. The minimum atomic E-state index is 0.856. The Morgan fingerprint density at radius 3 is 2.42 bits per heavy atom. The molecule has 0 N–H and O–H groups in total. The lowest BCUT2D eigenvalue weighted by Crippen LogP contribution is -2.46. The van der Waals surface area contributed by atoms with E-state index in [4.69, 9.17) is 4.98 Å². The van der Waals surface area contributed by atoms with Gasteiger partial charge in [-0.15, -0.1) is 0 Å². The Bertz CT molecular complexity index is 623. The minimum Gasteiger partial charge on any atom is -0.352 e. The van der Waals surface area contributed by atoms with E-state index in [2.05, 4.69) is 63.9 Å². The molecule has 0 spiro atoms. The molecule has 1 aromatic carbocycles. The van der Waals surface area contributed by atoms with Crippen LogP contribution in [0.5, 0.6) is 0 Å². The molecule has 1 fully saturated rings. The van der Waals surface area contributed by atoms with Gasteiger partial charge in [-0.25, -0.2) is 4.98 Å². The van der Waals surface area contributed by atoms with E-state index in [1.54, 1.807) is 0 Å². The van der Waals surface area contributed by atoms with Gasteiger partial charge in [0.1, 0.15) is 5.82 Å². The van der Waals surface area contributed by atoms with Crippen LogP contribution in [0.25, 0.3) is 0 Å². The van der Waals surface area contributed by atoms with Crippen molar-refractivity contribution in [3.8, 4) is 0 Å². The molecule has 128 valence electrons. The number of nitrogens with zero attached hydrogens (tertiary/aromatic N) is 5. The molecule has 1 saturated heterocycles. The number of anilines is 2. The fraction of sp³-hybridized carbons (Fsp3) is 0.474. The molecule has 3 rings (SSSR count). The van der Waals surface area contributed by atoms with Crippen molar-refractivity contribution in [3.63, 3.8) is 0 Å². The Hall–Kier alpha value is -2.14. The number of likely N-dealkylation sites (N-methyl/N-ethyl adjacent to an activating group) is 1. The molecule has 2 aromatic rings. The molecular weight excluding hydrogens is 298 g/mol. The smallest absolute Gasteiger partial charge is 0.227 e. The van der Waals surface area contributed by atoms with Gasteiger partial charge in [-0.3, -0.25) is 0 Å². The molecule has 2 heterocycles. The van der Waals surface area contributed by atoms with Gasteiger partial charge in [0.2, 0.25) is 5.95 Å². The van der Waals surface area contributed by atoms with Crippen molar-refractivity contribution in [2.45, 2.75) is 20.4 Å². The molecular formula is C19H27N5. The van der Waals surface area contributed by atoms with Crippen LogP contribution in [-0.4, -0.2) is 54.1 Å². The monoisotopic (exact) mass is 325 g/mol. The molecule has 24 heavy (non-hydrogen) atoms. The average molecular weight is 325 g/mol. The third-order valence-corrected chi connectivity index (χ3v) is 4.65. The van der Waals surface area contributed by atoms with Gasteiger partial charge in [0, 0.05) is 45.5 Å². The standard InChI is InChI=1S/C19H27N5/c1-3-22-12-14-24(15-13-22)19-20-11-10-18(21-19)23(4-2)16-17-8-6-5-7-9-17/h5-11H,3-4,12-16H2,1-2H3. The summed E-state index contributed by atoms with van der Waals surface area (Å²) in [6, 6.07) is 12.6. The highest BCUT2D eigenvalue weighted by molar-refractivity contribution is 5.44. The van der Waals surface area contributed by atoms with Crippen LogP contribution in [0.2, 0.25) is 0 Å². The topological polar surface area (TPSA) is 35.5 Å². The highest BCUT2D eigenvalue weighted by Crippen LogP contribution is 2.18. The number of rotatable bonds is 6. The fourth-order valence-corrected chi connectivity index (χ4v) is 3.09. The summed E-state index contributed by atoms with van der Waals surface area (Å²) >= 11 is 0. The van der Waals surface area contributed by atoms with Crippen LogP contribution < -0.4 is 9.80 Å². The van der Waals surface area contributed by atoms with Crippen LogP contribution in [0.15, 0.2) is 42.6 Å². The van der Waals surface area contributed by atoms with Gasteiger partial charge in [0.05, 0.1) is 0 Å². The van der Waals surface area contributed by atoms with Crippen molar-refractivity contribution >= 4 is 11.8 Å². The summed E-state index contributed by atoms with van der Waals surface area (Å²) in [6.45, 7) is 11.5. The predicted molar refractivity (Wildman–Crippen MR) is 99.5 cm³/mol. The maximum atomic E-state index is 4.84. The maximum absolute atomic E-state index is 4.84. The van der Waals surface area contributed by atoms with E-state index in [0.717, 1.165) is 57.6 Å².